The third-order valence-electron chi connectivity index (χ3n) is 10.4. The summed E-state index contributed by atoms with van der Waals surface area (Å²) in [5.74, 6) is 0.541. The van der Waals surface area contributed by atoms with Gasteiger partial charge in [0.05, 0.1) is 5.69 Å². The third kappa shape index (κ3) is 3.63. The molecule has 0 bridgehead atoms. The van der Waals surface area contributed by atoms with Gasteiger partial charge in [0.2, 0.25) is 5.88 Å². The maximum atomic E-state index is 14.5. The first kappa shape index (κ1) is 26.8. The van der Waals surface area contributed by atoms with E-state index in [9.17, 15) is 4.39 Å². The first-order valence-electron chi connectivity index (χ1n) is 16.6. The fourth-order valence-corrected chi connectivity index (χ4v) is 8.21. The van der Waals surface area contributed by atoms with E-state index in [4.69, 9.17) is 8.83 Å². The van der Waals surface area contributed by atoms with Gasteiger partial charge < -0.3 is 13.7 Å². The van der Waals surface area contributed by atoms with Crippen molar-refractivity contribution in [1.82, 2.24) is 0 Å². The normalized spacial score (nSPS) is 13.4. The molecule has 0 unspecified atom stereocenters. The van der Waals surface area contributed by atoms with Crippen LogP contribution in [0.5, 0.6) is 0 Å². The summed E-state index contributed by atoms with van der Waals surface area (Å²) in [7, 11) is 0. The average molecular weight is 633 g/mol. The summed E-state index contributed by atoms with van der Waals surface area (Å²) < 4.78 is 28.2. The zero-order chi connectivity index (χ0) is 32.4. The Kier molecular flexibility index (Phi) is 5.27. The number of furan rings is 2. The van der Waals surface area contributed by atoms with Gasteiger partial charge in [-0.25, -0.2) is 4.39 Å². The lowest BCUT2D eigenvalue weighted by Gasteiger charge is -2.42. The molecule has 2 aromatic heterocycles. The number of halogens is 1. The fourth-order valence-electron chi connectivity index (χ4n) is 8.21. The highest BCUT2D eigenvalue weighted by atomic mass is 19.1. The Bertz CT molecular complexity index is 2820. The van der Waals surface area contributed by atoms with Crippen LogP contribution < -0.4 is 26.2 Å². The van der Waals surface area contributed by atoms with Gasteiger partial charge in [0.15, 0.2) is 5.58 Å². The molecule has 230 valence electrons. The van der Waals surface area contributed by atoms with Crippen LogP contribution in [0.1, 0.15) is 5.56 Å². The van der Waals surface area contributed by atoms with Gasteiger partial charge in [0.1, 0.15) is 17.0 Å². The predicted octanol–water partition coefficient (Wildman–Crippen LogP) is 10.0. The molecule has 4 nitrogen and oxygen atoms in total. The second-order valence-corrected chi connectivity index (χ2v) is 13.1. The number of aryl methyl sites for hydroxylation is 1. The highest BCUT2D eigenvalue weighted by Gasteiger charge is 2.47. The Morgan fingerprint density at radius 2 is 1.24 bits per heavy atom. The molecule has 0 saturated carbocycles. The van der Waals surface area contributed by atoms with Crippen molar-refractivity contribution in [2.24, 2.45) is 0 Å². The van der Waals surface area contributed by atoms with Crippen LogP contribution in [0, 0.1) is 12.7 Å². The lowest BCUT2D eigenvalue weighted by molar-refractivity contribution is 0.622. The third-order valence-corrected chi connectivity index (χ3v) is 10.4. The Balaban J connectivity index is 1.28. The van der Waals surface area contributed by atoms with Gasteiger partial charge in [-0.3, -0.25) is 4.90 Å². The summed E-state index contributed by atoms with van der Waals surface area (Å²) in [4.78, 5) is 4.51. The number of fused-ring (bicyclic) bond motifs is 11. The summed E-state index contributed by atoms with van der Waals surface area (Å²) in [5, 5.41) is 5.49. The minimum Gasteiger partial charge on any atom is -0.454 e. The SMILES string of the molecule is Cc1ccc(N2c3cccc4c3B(c3ccc5c(oc6cc7ccccc7cc65)c3N4c3ccc(F)cc3)c3c2oc2ccccc32)cc1. The Labute approximate surface area is 281 Å². The Hall–Kier alpha value is -6.27. The summed E-state index contributed by atoms with van der Waals surface area (Å²) in [6.07, 6.45) is 0. The smallest absolute Gasteiger partial charge is 0.257 e. The van der Waals surface area contributed by atoms with E-state index in [0.29, 0.717) is 0 Å². The Morgan fingerprint density at radius 1 is 0.551 bits per heavy atom. The van der Waals surface area contributed by atoms with Crippen LogP contribution in [0.3, 0.4) is 0 Å². The first-order valence-corrected chi connectivity index (χ1v) is 16.6. The molecule has 0 N–H and O–H groups in total. The summed E-state index contributed by atoms with van der Waals surface area (Å²) in [6, 6.07) is 47.4. The number of anilines is 6. The number of hydrogen-bond donors (Lipinski definition) is 0. The first-order chi connectivity index (χ1) is 24.1. The van der Waals surface area contributed by atoms with Gasteiger partial charge in [0, 0.05) is 44.4 Å². The van der Waals surface area contributed by atoms with E-state index in [1.54, 1.807) is 0 Å². The van der Waals surface area contributed by atoms with Gasteiger partial charge in [0.25, 0.3) is 6.71 Å². The highest BCUT2D eigenvalue weighted by molar-refractivity contribution is 7.01. The number of para-hydroxylation sites is 1. The van der Waals surface area contributed by atoms with Gasteiger partial charge in [-0.2, -0.15) is 0 Å². The maximum absolute atomic E-state index is 14.5. The minimum atomic E-state index is -0.275. The molecule has 0 amide bonds. The van der Waals surface area contributed by atoms with Crippen LogP contribution in [-0.2, 0) is 0 Å². The molecule has 0 spiro atoms. The van der Waals surface area contributed by atoms with Crippen LogP contribution in [0.4, 0.5) is 38.7 Å². The molecule has 2 aliphatic rings. The van der Waals surface area contributed by atoms with Crippen molar-refractivity contribution in [1.29, 1.82) is 0 Å². The number of benzene rings is 7. The molecule has 2 aliphatic heterocycles. The molecule has 0 atom stereocenters. The van der Waals surface area contributed by atoms with Crippen LogP contribution >= 0.6 is 0 Å². The molecule has 11 rings (SSSR count). The molecule has 0 radical (unpaired) electrons. The van der Waals surface area contributed by atoms with Crippen LogP contribution in [0.15, 0.2) is 148 Å². The molecular weight excluding hydrogens is 606 g/mol. The topological polar surface area (TPSA) is 32.8 Å². The average Bonchev–Trinajstić information content (AvgIpc) is 3.70. The van der Waals surface area contributed by atoms with Crippen molar-refractivity contribution in [3.63, 3.8) is 0 Å². The van der Waals surface area contributed by atoms with Crippen molar-refractivity contribution >= 4 is 101 Å². The minimum absolute atomic E-state index is 0.144. The number of rotatable bonds is 2. The molecule has 9 aromatic rings. The van der Waals surface area contributed by atoms with Crippen LogP contribution in [0.25, 0.3) is 43.7 Å². The van der Waals surface area contributed by atoms with E-state index in [1.165, 1.54) is 28.5 Å². The summed E-state index contributed by atoms with van der Waals surface area (Å²) >= 11 is 0. The van der Waals surface area contributed by atoms with E-state index in [-0.39, 0.29) is 12.5 Å². The Morgan fingerprint density at radius 3 is 2.06 bits per heavy atom. The van der Waals surface area contributed by atoms with E-state index >= 15 is 0 Å². The van der Waals surface area contributed by atoms with E-state index in [1.807, 2.05) is 24.3 Å². The van der Waals surface area contributed by atoms with Crippen LogP contribution in [0.2, 0.25) is 0 Å². The molecular formula is C43H26BFN2O2. The zero-order valence-corrected chi connectivity index (χ0v) is 26.4. The van der Waals surface area contributed by atoms with Crippen LogP contribution in [-0.4, -0.2) is 6.71 Å². The molecule has 7 aromatic carbocycles. The molecule has 4 heterocycles. The van der Waals surface area contributed by atoms with E-state index in [2.05, 4.69) is 120 Å². The lowest BCUT2D eigenvalue weighted by Crippen LogP contribution is -2.61. The van der Waals surface area contributed by atoms with Gasteiger partial charge >= 0.3 is 0 Å². The molecule has 49 heavy (non-hydrogen) atoms. The van der Waals surface area contributed by atoms with Crippen molar-refractivity contribution in [3.8, 4) is 0 Å². The second kappa shape index (κ2) is 9.65. The summed E-state index contributed by atoms with van der Waals surface area (Å²) in [5.41, 5.74) is 12.0. The van der Waals surface area contributed by atoms with Crippen molar-refractivity contribution < 1.29 is 13.2 Å². The number of hydrogen-bond acceptors (Lipinski definition) is 4. The largest absolute Gasteiger partial charge is 0.454 e. The second-order valence-electron chi connectivity index (χ2n) is 13.1. The molecule has 6 heteroatoms. The van der Waals surface area contributed by atoms with E-state index < -0.39 is 0 Å². The quantitative estimate of drug-likeness (QED) is 0.178. The van der Waals surface area contributed by atoms with E-state index in [0.717, 1.165) is 83.5 Å². The monoisotopic (exact) mass is 632 g/mol. The predicted molar refractivity (Wildman–Crippen MR) is 200 cm³/mol. The van der Waals surface area contributed by atoms with Crippen molar-refractivity contribution in [3.05, 3.63) is 151 Å². The molecule has 0 fully saturated rings. The molecule has 0 aliphatic carbocycles. The molecule has 0 saturated heterocycles. The lowest BCUT2D eigenvalue weighted by atomic mass is 9.33. The fraction of sp³-hybridized carbons (Fsp3) is 0.0233. The number of nitrogens with zero attached hydrogens (tertiary/aromatic N) is 2. The van der Waals surface area contributed by atoms with Gasteiger partial charge in [-0.05, 0) is 95.4 Å². The summed E-state index contributed by atoms with van der Waals surface area (Å²) in [6.45, 7) is 1.96. The zero-order valence-electron chi connectivity index (χ0n) is 26.4. The van der Waals surface area contributed by atoms with Crippen molar-refractivity contribution in [2.75, 3.05) is 9.80 Å². The maximum Gasteiger partial charge on any atom is 0.257 e. The highest BCUT2D eigenvalue weighted by Crippen LogP contribution is 2.48. The standard InChI is InChI=1S/C43H26BFN2O2/c1-25-13-17-30(18-14-25)47-36-11-6-10-35-40(36)44(39-32-9-4-5-12-37(32)49-43(39)47)34-22-21-31-33-23-26-7-2-3-8-27(26)24-38(33)48-42(31)41(34)46(35)29-19-15-28(45)16-20-29/h2-24H,1H3. The van der Waals surface area contributed by atoms with Crippen molar-refractivity contribution in [2.45, 2.75) is 6.92 Å². The van der Waals surface area contributed by atoms with Gasteiger partial charge in [-0.1, -0.05) is 78.4 Å². The van der Waals surface area contributed by atoms with Gasteiger partial charge in [-0.15, -0.1) is 0 Å².